The van der Waals surface area contributed by atoms with Crippen LogP contribution in [-0.4, -0.2) is 16.9 Å². The Morgan fingerprint density at radius 2 is 1.70 bits per heavy atom. The minimum Gasteiger partial charge on any atom is -0.334 e. The van der Waals surface area contributed by atoms with Crippen LogP contribution in [0.25, 0.3) is 0 Å². The Bertz CT molecular complexity index is 654. The van der Waals surface area contributed by atoms with Gasteiger partial charge in [-0.1, -0.05) is 19.9 Å². The lowest BCUT2D eigenvalue weighted by molar-refractivity contribution is -0.118. The zero-order chi connectivity index (χ0) is 16.7. The van der Waals surface area contributed by atoms with Crippen LogP contribution in [0.15, 0.2) is 48.8 Å². The van der Waals surface area contributed by atoms with E-state index in [0.29, 0.717) is 17.9 Å². The Morgan fingerprint density at radius 1 is 1.04 bits per heavy atom. The van der Waals surface area contributed by atoms with Crippen LogP contribution in [0.4, 0.5) is 16.2 Å². The molecule has 3 amide bonds. The molecule has 2 rings (SSSR count). The number of carbonyl (C=O) groups is 2. The van der Waals surface area contributed by atoms with E-state index in [9.17, 15) is 9.59 Å². The molecule has 6 nitrogen and oxygen atoms in total. The van der Waals surface area contributed by atoms with Gasteiger partial charge in [0.1, 0.15) is 0 Å². The van der Waals surface area contributed by atoms with Crippen molar-refractivity contribution in [3.63, 3.8) is 0 Å². The van der Waals surface area contributed by atoms with Crippen LogP contribution >= 0.6 is 0 Å². The van der Waals surface area contributed by atoms with E-state index in [4.69, 9.17) is 0 Å². The van der Waals surface area contributed by atoms with Crippen LogP contribution in [0.3, 0.4) is 0 Å². The van der Waals surface area contributed by atoms with E-state index in [0.717, 1.165) is 5.56 Å². The first-order chi connectivity index (χ1) is 11.0. The van der Waals surface area contributed by atoms with Gasteiger partial charge in [0.05, 0.1) is 0 Å². The first kappa shape index (κ1) is 16.5. The van der Waals surface area contributed by atoms with Crippen molar-refractivity contribution in [1.29, 1.82) is 0 Å². The molecule has 120 valence electrons. The summed E-state index contributed by atoms with van der Waals surface area (Å²) >= 11 is 0. The Morgan fingerprint density at radius 3 is 2.26 bits per heavy atom. The minimum atomic E-state index is -0.298. The average Bonchev–Trinajstić information content (AvgIpc) is 2.55. The molecule has 2 aromatic rings. The van der Waals surface area contributed by atoms with E-state index in [1.165, 1.54) is 0 Å². The summed E-state index contributed by atoms with van der Waals surface area (Å²) in [6, 6.07) is 10.4. The molecular formula is C17H20N4O2. The van der Waals surface area contributed by atoms with Crippen molar-refractivity contribution in [2.45, 2.75) is 20.4 Å². The molecule has 1 heterocycles. The maximum Gasteiger partial charge on any atom is 0.319 e. The molecule has 0 aliphatic heterocycles. The number of nitrogens with zero attached hydrogens (tertiary/aromatic N) is 1. The smallest absolute Gasteiger partial charge is 0.319 e. The fourth-order valence-corrected chi connectivity index (χ4v) is 1.78. The summed E-state index contributed by atoms with van der Waals surface area (Å²) in [6.07, 6.45) is 3.38. The number of hydrogen-bond donors (Lipinski definition) is 3. The maximum atomic E-state index is 11.8. The molecule has 23 heavy (non-hydrogen) atoms. The molecule has 1 aromatic heterocycles. The number of anilines is 2. The lowest BCUT2D eigenvalue weighted by Crippen LogP contribution is -2.28. The molecule has 0 atom stereocenters. The van der Waals surface area contributed by atoms with Gasteiger partial charge in [0.15, 0.2) is 0 Å². The van der Waals surface area contributed by atoms with Crippen molar-refractivity contribution in [3.8, 4) is 0 Å². The summed E-state index contributed by atoms with van der Waals surface area (Å²) in [5.74, 6) is -0.119. The van der Waals surface area contributed by atoms with Crippen molar-refractivity contribution in [2.24, 2.45) is 5.92 Å². The fourth-order valence-electron chi connectivity index (χ4n) is 1.78. The van der Waals surface area contributed by atoms with Gasteiger partial charge in [0.2, 0.25) is 5.91 Å². The van der Waals surface area contributed by atoms with Crippen molar-refractivity contribution >= 4 is 23.3 Å². The third kappa shape index (κ3) is 5.43. The Balaban J connectivity index is 1.83. The van der Waals surface area contributed by atoms with Gasteiger partial charge < -0.3 is 16.0 Å². The number of rotatable bonds is 5. The number of pyridine rings is 1. The maximum absolute atomic E-state index is 11.8. The van der Waals surface area contributed by atoms with Gasteiger partial charge in [0.25, 0.3) is 0 Å². The lowest BCUT2D eigenvalue weighted by atomic mass is 10.2. The van der Waals surface area contributed by atoms with E-state index >= 15 is 0 Å². The van der Waals surface area contributed by atoms with Crippen molar-refractivity contribution in [1.82, 2.24) is 10.3 Å². The third-order valence-corrected chi connectivity index (χ3v) is 3.11. The lowest BCUT2D eigenvalue weighted by Gasteiger charge is -2.10. The first-order valence-electron chi connectivity index (χ1n) is 7.39. The van der Waals surface area contributed by atoms with Gasteiger partial charge >= 0.3 is 6.03 Å². The molecule has 0 fully saturated rings. The summed E-state index contributed by atoms with van der Waals surface area (Å²) in [4.78, 5) is 27.4. The molecule has 0 aliphatic carbocycles. The van der Waals surface area contributed by atoms with Crippen LogP contribution in [0, 0.1) is 5.92 Å². The summed E-state index contributed by atoms with van der Waals surface area (Å²) in [5.41, 5.74) is 2.27. The number of aromatic nitrogens is 1. The molecule has 6 heteroatoms. The quantitative estimate of drug-likeness (QED) is 0.793. The highest BCUT2D eigenvalue weighted by atomic mass is 16.2. The Kier molecular flexibility index (Phi) is 5.68. The van der Waals surface area contributed by atoms with E-state index in [1.807, 2.05) is 26.0 Å². The number of benzene rings is 1. The number of amides is 3. The Hall–Kier alpha value is -2.89. The Labute approximate surface area is 135 Å². The van der Waals surface area contributed by atoms with Crippen LogP contribution in [0.1, 0.15) is 19.4 Å². The van der Waals surface area contributed by atoms with Crippen molar-refractivity contribution in [3.05, 3.63) is 54.4 Å². The predicted octanol–water partition coefficient (Wildman–Crippen LogP) is 3.00. The van der Waals surface area contributed by atoms with Gasteiger partial charge in [-0.3, -0.25) is 9.78 Å². The van der Waals surface area contributed by atoms with Gasteiger partial charge in [-0.2, -0.15) is 0 Å². The number of carbonyl (C=O) groups excluding carboxylic acids is 2. The molecule has 0 aliphatic rings. The van der Waals surface area contributed by atoms with Gasteiger partial charge in [0, 0.05) is 36.2 Å². The zero-order valence-electron chi connectivity index (χ0n) is 13.2. The van der Waals surface area contributed by atoms with Crippen LogP contribution in [0.2, 0.25) is 0 Å². The zero-order valence-corrected chi connectivity index (χ0v) is 13.2. The molecule has 0 saturated carbocycles. The second-order valence-electron chi connectivity index (χ2n) is 5.39. The second-order valence-corrected chi connectivity index (χ2v) is 5.39. The average molecular weight is 312 g/mol. The van der Waals surface area contributed by atoms with E-state index < -0.39 is 0 Å². The van der Waals surface area contributed by atoms with E-state index in [1.54, 1.807) is 36.7 Å². The highest BCUT2D eigenvalue weighted by Gasteiger charge is 2.07. The number of hydrogen-bond acceptors (Lipinski definition) is 3. The summed E-state index contributed by atoms with van der Waals surface area (Å²) in [6.45, 7) is 4.07. The van der Waals surface area contributed by atoms with Gasteiger partial charge in [-0.15, -0.1) is 0 Å². The fraction of sp³-hybridized carbons (Fsp3) is 0.235. The van der Waals surface area contributed by atoms with Crippen molar-refractivity contribution < 1.29 is 9.59 Å². The van der Waals surface area contributed by atoms with E-state index in [-0.39, 0.29) is 17.9 Å². The summed E-state index contributed by atoms with van der Waals surface area (Å²) in [5, 5.41) is 8.28. The SMILES string of the molecule is CC(C)C(=O)Nc1ccc(NC(=O)NCc2cccnc2)cc1. The molecule has 0 bridgehead atoms. The molecule has 1 aromatic carbocycles. The van der Waals surface area contributed by atoms with Gasteiger partial charge in [-0.05, 0) is 35.9 Å². The van der Waals surface area contributed by atoms with Crippen LogP contribution < -0.4 is 16.0 Å². The monoisotopic (exact) mass is 312 g/mol. The first-order valence-corrected chi connectivity index (χ1v) is 7.39. The minimum absolute atomic E-state index is 0.0417. The number of urea groups is 1. The normalized spacial score (nSPS) is 10.2. The third-order valence-electron chi connectivity index (χ3n) is 3.11. The predicted molar refractivity (Wildman–Crippen MR) is 90.0 cm³/mol. The molecule has 3 N–H and O–H groups in total. The highest BCUT2D eigenvalue weighted by Crippen LogP contribution is 2.14. The van der Waals surface area contributed by atoms with Crippen LogP contribution in [-0.2, 0) is 11.3 Å². The molecular weight excluding hydrogens is 292 g/mol. The summed E-state index contributed by atoms with van der Waals surface area (Å²) < 4.78 is 0. The van der Waals surface area contributed by atoms with E-state index in [2.05, 4.69) is 20.9 Å². The number of nitrogens with one attached hydrogen (secondary N) is 3. The summed E-state index contributed by atoms with van der Waals surface area (Å²) in [7, 11) is 0. The molecule has 0 radical (unpaired) electrons. The molecule has 0 unspecified atom stereocenters. The molecule has 0 spiro atoms. The second kappa shape index (κ2) is 7.93. The van der Waals surface area contributed by atoms with Gasteiger partial charge in [-0.25, -0.2) is 4.79 Å². The molecule has 0 saturated heterocycles. The van der Waals surface area contributed by atoms with Crippen LogP contribution in [0.5, 0.6) is 0 Å². The van der Waals surface area contributed by atoms with Crippen molar-refractivity contribution in [2.75, 3.05) is 10.6 Å². The largest absolute Gasteiger partial charge is 0.334 e. The topological polar surface area (TPSA) is 83.1 Å². The standard InChI is InChI=1S/C17H20N4O2/c1-12(2)16(22)20-14-5-7-15(8-6-14)21-17(23)19-11-13-4-3-9-18-10-13/h3-10,12H,11H2,1-2H3,(H,20,22)(H2,19,21,23). The highest BCUT2D eigenvalue weighted by molar-refractivity contribution is 5.93.